The number of rotatable bonds is 6. The summed E-state index contributed by atoms with van der Waals surface area (Å²) in [6, 6.07) is 15.4. The lowest BCUT2D eigenvalue weighted by Gasteiger charge is -2.17. The highest BCUT2D eigenvalue weighted by Gasteiger charge is 2.07. The van der Waals surface area contributed by atoms with Gasteiger partial charge in [-0.15, -0.1) is 0 Å². The largest absolute Gasteiger partial charge is 0.450 e. The third-order valence-electron chi connectivity index (χ3n) is 3.42. The van der Waals surface area contributed by atoms with Crippen LogP contribution in [0.15, 0.2) is 48.5 Å². The fraction of sp³-hybridized carbons (Fsp3) is 0.278. The molecular weight excluding hydrogens is 292 g/mol. The van der Waals surface area contributed by atoms with Crippen LogP contribution in [0, 0.1) is 0 Å². The van der Waals surface area contributed by atoms with E-state index in [2.05, 4.69) is 17.6 Å². The van der Waals surface area contributed by atoms with E-state index in [0.717, 1.165) is 16.8 Å². The number of hydrogen-bond donors (Lipinski definition) is 3. The summed E-state index contributed by atoms with van der Waals surface area (Å²) in [6.45, 7) is 4.20. The molecule has 0 radical (unpaired) electrons. The van der Waals surface area contributed by atoms with Gasteiger partial charge in [0, 0.05) is 17.4 Å². The predicted molar refractivity (Wildman–Crippen MR) is 91.5 cm³/mol. The van der Waals surface area contributed by atoms with Crippen LogP contribution in [0.4, 0.5) is 16.2 Å². The molecule has 2 aromatic rings. The number of anilines is 2. The van der Waals surface area contributed by atoms with E-state index < -0.39 is 6.09 Å². The third-order valence-corrected chi connectivity index (χ3v) is 3.42. The van der Waals surface area contributed by atoms with E-state index in [1.54, 1.807) is 6.92 Å². The molecule has 0 aliphatic carbocycles. The number of ether oxygens (including phenoxy) is 1. The second kappa shape index (κ2) is 8.19. The van der Waals surface area contributed by atoms with E-state index >= 15 is 0 Å². The Morgan fingerprint density at radius 2 is 1.87 bits per heavy atom. The summed E-state index contributed by atoms with van der Waals surface area (Å²) in [7, 11) is 0. The quantitative estimate of drug-likeness (QED) is 0.756. The molecule has 0 aliphatic heterocycles. The number of aliphatic hydroxyl groups is 1. The molecule has 0 aromatic heterocycles. The fourth-order valence-corrected chi connectivity index (χ4v) is 2.23. The molecular formula is C18H22N2O3. The average molecular weight is 314 g/mol. The molecule has 122 valence electrons. The molecule has 3 N–H and O–H groups in total. The van der Waals surface area contributed by atoms with Crippen molar-refractivity contribution in [1.82, 2.24) is 0 Å². The maximum absolute atomic E-state index is 11.4. The van der Waals surface area contributed by atoms with Gasteiger partial charge in [0.05, 0.1) is 13.2 Å². The van der Waals surface area contributed by atoms with Gasteiger partial charge >= 0.3 is 6.09 Å². The Morgan fingerprint density at radius 1 is 1.17 bits per heavy atom. The van der Waals surface area contributed by atoms with Crippen LogP contribution in [0.25, 0.3) is 0 Å². The van der Waals surface area contributed by atoms with Crippen molar-refractivity contribution in [2.24, 2.45) is 0 Å². The average Bonchev–Trinajstić information content (AvgIpc) is 2.57. The number of nitrogens with one attached hydrogen (secondary N) is 2. The SMILES string of the molecule is CCOC(=O)Nc1ccc(NC(C)c2cccc(CO)c2)cc1. The van der Waals surface area contributed by atoms with E-state index in [1.165, 1.54) is 0 Å². The summed E-state index contributed by atoms with van der Waals surface area (Å²) >= 11 is 0. The Hall–Kier alpha value is -2.53. The first-order chi connectivity index (χ1) is 11.1. The van der Waals surface area contributed by atoms with E-state index in [9.17, 15) is 9.90 Å². The topological polar surface area (TPSA) is 70.6 Å². The van der Waals surface area contributed by atoms with Crippen molar-refractivity contribution < 1.29 is 14.6 Å². The number of amides is 1. The van der Waals surface area contributed by atoms with Crippen LogP contribution in [-0.4, -0.2) is 17.8 Å². The fourth-order valence-electron chi connectivity index (χ4n) is 2.23. The standard InChI is InChI=1S/C18H22N2O3/c1-3-23-18(22)20-17-9-7-16(8-10-17)19-13(2)15-6-4-5-14(11-15)12-21/h4-11,13,19,21H,3,12H2,1-2H3,(H,20,22). The third kappa shape index (κ3) is 5.00. The van der Waals surface area contributed by atoms with Crippen molar-refractivity contribution in [2.75, 3.05) is 17.2 Å². The van der Waals surface area contributed by atoms with Gasteiger partial charge in [-0.1, -0.05) is 24.3 Å². The van der Waals surface area contributed by atoms with Crippen molar-refractivity contribution >= 4 is 17.5 Å². The Kier molecular flexibility index (Phi) is 6.00. The Bertz CT molecular complexity index is 641. The van der Waals surface area contributed by atoms with E-state index in [1.807, 2.05) is 48.5 Å². The van der Waals surface area contributed by atoms with Gasteiger partial charge in [-0.3, -0.25) is 5.32 Å². The maximum atomic E-state index is 11.4. The van der Waals surface area contributed by atoms with Gasteiger partial charge in [-0.2, -0.15) is 0 Å². The summed E-state index contributed by atoms with van der Waals surface area (Å²) in [5.41, 5.74) is 3.63. The predicted octanol–water partition coefficient (Wildman–Crippen LogP) is 3.92. The lowest BCUT2D eigenvalue weighted by molar-refractivity contribution is 0.168. The maximum Gasteiger partial charge on any atom is 0.411 e. The highest BCUT2D eigenvalue weighted by Crippen LogP contribution is 2.21. The van der Waals surface area contributed by atoms with Crippen molar-refractivity contribution in [3.8, 4) is 0 Å². The Morgan fingerprint density at radius 3 is 2.52 bits per heavy atom. The minimum absolute atomic E-state index is 0.0365. The first-order valence-electron chi connectivity index (χ1n) is 7.62. The Balaban J connectivity index is 1.98. The zero-order chi connectivity index (χ0) is 16.7. The van der Waals surface area contributed by atoms with Crippen molar-refractivity contribution in [3.63, 3.8) is 0 Å². The number of carbonyl (C=O) groups is 1. The van der Waals surface area contributed by atoms with Gasteiger partial charge in [-0.05, 0) is 49.2 Å². The van der Waals surface area contributed by atoms with Crippen LogP contribution < -0.4 is 10.6 Å². The molecule has 5 nitrogen and oxygen atoms in total. The zero-order valence-corrected chi connectivity index (χ0v) is 13.4. The monoisotopic (exact) mass is 314 g/mol. The number of hydrogen-bond acceptors (Lipinski definition) is 4. The summed E-state index contributed by atoms with van der Waals surface area (Å²) in [5, 5.41) is 15.3. The van der Waals surface area contributed by atoms with Crippen molar-refractivity contribution in [2.45, 2.75) is 26.5 Å². The molecule has 2 rings (SSSR count). The lowest BCUT2D eigenvalue weighted by Crippen LogP contribution is -2.13. The van der Waals surface area contributed by atoms with Gasteiger partial charge in [0.2, 0.25) is 0 Å². The molecule has 23 heavy (non-hydrogen) atoms. The van der Waals surface area contributed by atoms with Crippen LogP contribution in [0.5, 0.6) is 0 Å². The molecule has 1 unspecified atom stereocenters. The summed E-state index contributed by atoms with van der Waals surface area (Å²) in [4.78, 5) is 11.4. The first kappa shape index (κ1) is 16.8. The van der Waals surface area contributed by atoms with Crippen LogP contribution in [0.1, 0.15) is 31.0 Å². The van der Waals surface area contributed by atoms with E-state index in [0.29, 0.717) is 12.3 Å². The van der Waals surface area contributed by atoms with Crippen LogP contribution in [0.3, 0.4) is 0 Å². The summed E-state index contributed by atoms with van der Waals surface area (Å²) in [6.07, 6.45) is -0.456. The molecule has 1 amide bonds. The number of carbonyl (C=O) groups excluding carboxylic acids is 1. The summed E-state index contributed by atoms with van der Waals surface area (Å²) < 4.78 is 4.83. The highest BCUT2D eigenvalue weighted by atomic mass is 16.5. The molecule has 0 bridgehead atoms. The first-order valence-corrected chi connectivity index (χ1v) is 7.62. The lowest BCUT2D eigenvalue weighted by atomic mass is 10.1. The van der Waals surface area contributed by atoms with Gasteiger partial charge in [0.1, 0.15) is 0 Å². The molecule has 2 aromatic carbocycles. The van der Waals surface area contributed by atoms with Gasteiger partial charge < -0.3 is 15.2 Å². The van der Waals surface area contributed by atoms with Gasteiger partial charge in [0.25, 0.3) is 0 Å². The number of benzene rings is 2. The van der Waals surface area contributed by atoms with E-state index in [-0.39, 0.29) is 12.6 Å². The van der Waals surface area contributed by atoms with Crippen molar-refractivity contribution in [1.29, 1.82) is 0 Å². The molecule has 0 saturated carbocycles. The molecule has 5 heteroatoms. The molecule has 0 heterocycles. The van der Waals surface area contributed by atoms with Crippen LogP contribution >= 0.6 is 0 Å². The molecule has 0 saturated heterocycles. The molecule has 0 spiro atoms. The smallest absolute Gasteiger partial charge is 0.411 e. The summed E-state index contributed by atoms with van der Waals surface area (Å²) in [5.74, 6) is 0. The van der Waals surface area contributed by atoms with Crippen molar-refractivity contribution in [3.05, 3.63) is 59.7 Å². The second-order valence-corrected chi connectivity index (χ2v) is 5.19. The van der Waals surface area contributed by atoms with Gasteiger partial charge in [0.15, 0.2) is 0 Å². The second-order valence-electron chi connectivity index (χ2n) is 5.19. The zero-order valence-electron chi connectivity index (χ0n) is 13.4. The Labute approximate surface area is 136 Å². The van der Waals surface area contributed by atoms with E-state index in [4.69, 9.17) is 4.74 Å². The highest BCUT2D eigenvalue weighted by molar-refractivity contribution is 5.84. The number of aliphatic hydroxyl groups excluding tert-OH is 1. The molecule has 0 aliphatic rings. The molecule has 0 fully saturated rings. The molecule has 1 atom stereocenters. The normalized spacial score (nSPS) is 11.6. The minimum Gasteiger partial charge on any atom is -0.450 e. The van der Waals surface area contributed by atoms with Gasteiger partial charge in [-0.25, -0.2) is 4.79 Å². The van der Waals surface area contributed by atoms with Crippen LogP contribution in [0.2, 0.25) is 0 Å². The minimum atomic E-state index is -0.456. The van der Waals surface area contributed by atoms with Crippen LogP contribution in [-0.2, 0) is 11.3 Å².